The average molecular weight is 390 g/mol. The number of halogens is 1. The van der Waals surface area contributed by atoms with Crippen molar-refractivity contribution >= 4 is 23.2 Å². The number of nitrogens with one attached hydrogen (secondary N) is 1. The molecule has 1 heterocycles. The number of carbonyl (C=O) groups is 1. The summed E-state index contributed by atoms with van der Waals surface area (Å²) in [5.74, 6) is 0.447. The van der Waals surface area contributed by atoms with Crippen LogP contribution in [0, 0.1) is 10.1 Å². The Labute approximate surface area is 162 Å². The zero-order chi connectivity index (χ0) is 19.4. The first-order valence-corrected chi connectivity index (χ1v) is 9.03. The number of ether oxygens (including phenoxy) is 1. The van der Waals surface area contributed by atoms with E-state index in [2.05, 4.69) is 5.32 Å². The van der Waals surface area contributed by atoms with E-state index >= 15 is 0 Å². The summed E-state index contributed by atoms with van der Waals surface area (Å²) in [5, 5.41) is 14.7. The minimum absolute atomic E-state index is 0.0501. The predicted octanol–water partition coefficient (Wildman–Crippen LogP) is 3.86. The Hall–Kier alpha value is -2.64. The van der Waals surface area contributed by atoms with E-state index in [0.29, 0.717) is 11.3 Å². The lowest BCUT2D eigenvalue weighted by Crippen LogP contribution is -2.43. The highest BCUT2D eigenvalue weighted by Gasteiger charge is 2.23. The molecule has 3 rings (SSSR count). The first-order chi connectivity index (χ1) is 13.0. The summed E-state index contributed by atoms with van der Waals surface area (Å²) >= 11 is 5.81. The summed E-state index contributed by atoms with van der Waals surface area (Å²) in [6.07, 6.45) is 1.87. The highest BCUT2D eigenvalue weighted by Crippen LogP contribution is 2.33. The SMILES string of the molecule is CN(C(=O)c1ccc(Oc2ccc(Cl)cc2[N+](=O)[O-])cc1)C1CCNCC1. The van der Waals surface area contributed by atoms with Gasteiger partial charge in [-0.05, 0) is 62.3 Å². The van der Waals surface area contributed by atoms with Crippen molar-refractivity contribution in [2.45, 2.75) is 18.9 Å². The summed E-state index contributed by atoms with van der Waals surface area (Å²) in [4.78, 5) is 25.0. The Bertz CT molecular complexity index is 835. The van der Waals surface area contributed by atoms with E-state index < -0.39 is 4.92 Å². The lowest BCUT2D eigenvalue weighted by molar-refractivity contribution is -0.385. The van der Waals surface area contributed by atoms with Gasteiger partial charge in [-0.15, -0.1) is 0 Å². The number of amides is 1. The Morgan fingerprint density at radius 3 is 2.52 bits per heavy atom. The Morgan fingerprint density at radius 1 is 1.22 bits per heavy atom. The fourth-order valence-electron chi connectivity index (χ4n) is 3.08. The van der Waals surface area contributed by atoms with Gasteiger partial charge in [-0.3, -0.25) is 14.9 Å². The van der Waals surface area contributed by atoms with Crippen LogP contribution in [0.1, 0.15) is 23.2 Å². The van der Waals surface area contributed by atoms with Crippen LogP contribution in [0.2, 0.25) is 5.02 Å². The zero-order valence-corrected chi connectivity index (χ0v) is 15.6. The van der Waals surface area contributed by atoms with Gasteiger partial charge in [-0.25, -0.2) is 0 Å². The van der Waals surface area contributed by atoms with Gasteiger partial charge in [0.15, 0.2) is 0 Å². The Balaban J connectivity index is 1.72. The summed E-state index contributed by atoms with van der Waals surface area (Å²) < 4.78 is 5.60. The number of carbonyl (C=O) groups excluding carboxylic acids is 1. The summed E-state index contributed by atoms with van der Waals surface area (Å²) in [6, 6.07) is 11.0. The third-order valence-corrected chi connectivity index (χ3v) is 4.86. The van der Waals surface area contributed by atoms with Crippen LogP contribution in [-0.4, -0.2) is 41.9 Å². The lowest BCUT2D eigenvalue weighted by Gasteiger charge is -2.31. The second-order valence-corrected chi connectivity index (χ2v) is 6.83. The molecule has 1 amide bonds. The number of benzene rings is 2. The van der Waals surface area contributed by atoms with E-state index in [4.69, 9.17) is 16.3 Å². The van der Waals surface area contributed by atoms with Gasteiger partial charge in [0.05, 0.1) is 4.92 Å². The van der Waals surface area contributed by atoms with Crippen LogP contribution in [0.25, 0.3) is 0 Å². The van der Waals surface area contributed by atoms with Crippen LogP contribution in [0.3, 0.4) is 0 Å². The number of rotatable bonds is 5. The molecular formula is C19H20ClN3O4. The first kappa shape index (κ1) is 19.1. The molecule has 0 spiro atoms. The topological polar surface area (TPSA) is 84.7 Å². The van der Waals surface area contributed by atoms with Gasteiger partial charge in [0, 0.05) is 29.7 Å². The van der Waals surface area contributed by atoms with Gasteiger partial charge in [0.25, 0.3) is 5.91 Å². The minimum atomic E-state index is -0.549. The number of nitro benzene ring substituents is 1. The fourth-order valence-corrected chi connectivity index (χ4v) is 3.24. The molecule has 2 aromatic rings. The molecule has 1 aliphatic rings. The fraction of sp³-hybridized carbons (Fsp3) is 0.316. The van der Waals surface area contributed by atoms with Crippen molar-refractivity contribution in [1.29, 1.82) is 0 Å². The molecule has 0 unspecified atom stereocenters. The maximum atomic E-state index is 12.7. The monoisotopic (exact) mass is 389 g/mol. The van der Waals surface area contributed by atoms with E-state index in [9.17, 15) is 14.9 Å². The van der Waals surface area contributed by atoms with Crippen LogP contribution in [-0.2, 0) is 0 Å². The summed E-state index contributed by atoms with van der Waals surface area (Å²) in [6.45, 7) is 1.82. The Morgan fingerprint density at radius 2 is 1.89 bits per heavy atom. The quantitative estimate of drug-likeness (QED) is 0.620. The van der Waals surface area contributed by atoms with Crippen LogP contribution in [0.4, 0.5) is 5.69 Å². The zero-order valence-electron chi connectivity index (χ0n) is 14.9. The normalized spacial score (nSPS) is 14.6. The maximum absolute atomic E-state index is 12.7. The highest BCUT2D eigenvalue weighted by molar-refractivity contribution is 6.30. The summed E-state index contributed by atoms with van der Waals surface area (Å²) in [7, 11) is 1.82. The molecule has 0 aliphatic carbocycles. The van der Waals surface area contributed by atoms with E-state index in [1.54, 1.807) is 29.2 Å². The number of nitrogens with zero attached hydrogens (tertiary/aromatic N) is 2. The van der Waals surface area contributed by atoms with E-state index in [-0.39, 0.29) is 28.4 Å². The van der Waals surface area contributed by atoms with Crippen molar-refractivity contribution in [3.63, 3.8) is 0 Å². The third-order valence-electron chi connectivity index (χ3n) is 4.62. The first-order valence-electron chi connectivity index (χ1n) is 8.65. The van der Waals surface area contributed by atoms with Crippen LogP contribution in [0.15, 0.2) is 42.5 Å². The highest BCUT2D eigenvalue weighted by atomic mass is 35.5. The standard InChI is InChI=1S/C19H20ClN3O4/c1-22(15-8-10-21-11-9-15)19(24)13-2-5-16(6-3-13)27-18-7-4-14(20)12-17(18)23(25)26/h2-7,12,15,21H,8-11H2,1H3. The molecule has 1 saturated heterocycles. The average Bonchev–Trinajstić information content (AvgIpc) is 2.69. The second kappa shape index (κ2) is 8.37. The van der Waals surface area contributed by atoms with Crippen molar-refractivity contribution in [1.82, 2.24) is 10.2 Å². The molecule has 8 heteroatoms. The largest absolute Gasteiger partial charge is 0.450 e. The van der Waals surface area contributed by atoms with Crippen LogP contribution < -0.4 is 10.1 Å². The predicted molar refractivity (Wildman–Crippen MR) is 103 cm³/mol. The molecule has 0 atom stereocenters. The van der Waals surface area contributed by atoms with Crippen molar-refractivity contribution in [3.05, 3.63) is 63.2 Å². The van der Waals surface area contributed by atoms with E-state index in [1.165, 1.54) is 18.2 Å². The third kappa shape index (κ3) is 4.56. The van der Waals surface area contributed by atoms with E-state index in [1.807, 2.05) is 7.05 Å². The van der Waals surface area contributed by atoms with Gasteiger partial charge in [0.2, 0.25) is 5.75 Å². The molecular weight excluding hydrogens is 370 g/mol. The number of hydrogen-bond acceptors (Lipinski definition) is 5. The van der Waals surface area contributed by atoms with Crippen molar-refractivity contribution in [3.8, 4) is 11.5 Å². The van der Waals surface area contributed by atoms with Gasteiger partial charge < -0.3 is 15.0 Å². The van der Waals surface area contributed by atoms with Gasteiger partial charge >= 0.3 is 5.69 Å². The molecule has 7 nitrogen and oxygen atoms in total. The number of piperidine rings is 1. The van der Waals surface area contributed by atoms with Crippen molar-refractivity contribution < 1.29 is 14.5 Å². The van der Waals surface area contributed by atoms with Gasteiger partial charge in [-0.2, -0.15) is 0 Å². The van der Waals surface area contributed by atoms with Gasteiger partial charge in [-0.1, -0.05) is 11.6 Å². The van der Waals surface area contributed by atoms with Crippen molar-refractivity contribution in [2.24, 2.45) is 0 Å². The van der Waals surface area contributed by atoms with Crippen LogP contribution in [0.5, 0.6) is 11.5 Å². The molecule has 0 bridgehead atoms. The molecule has 0 aromatic heterocycles. The van der Waals surface area contributed by atoms with Gasteiger partial charge in [0.1, 0.15) is 5.75 Å². The molecule has 1 aliphatic heterocycles. The number of nitro groups is 1. The summed E-state index contributed by atoms with van der Waals surface area (Å²) in [5.41, 5.74) is 0.335. The molecule has 0 radical (unpaired) electrons. The number of hydrogen-bond donors (Lipinski definition) is 1. The molecule has 0 saturated carbocycles. The molecule has 1 fully saturated rings. The molecule has 142 valence electrons. The van der Waals surface area contributed by atoms with Crippen LogP contribution >= 0.6 is 11.6 Å². The smallest absolute Gasteiger partial charge is 0.313 e. The molecule has 1 N–H and O–H groups in total. The second-order valence-electron chi connectivity index (χ2n) is 6.39. The lowest BCUT2D eigenvalue weighted by atomic mass is 10.0. The minimum Gasteiger partial charge on any atom is -0.450 e. The molecule has 2 aromatic carbocycles. The maximum Gasteiger partial charge on any atom is 0.313 e. The van der Waals surface area contributed by atoms with E-state index in [0.717, 1.165) is 25.9 Å². The molecule has 27 heavy (non-hydrogen) atoms. The Kier molecular flexibility index (Phi) is 5.93. The van der Waals surface area contributed by atoms with Crippen molar-refractivity contribution in [2.75, 3.05) is 20.1 Å².